The summed E-state index contributed by atoms with van der Waals surface area (Å²) < 4.78 is 5.24. The van der Waals surface area contributed by atoms with E-state index in [0.29, 0.717) is 6.42 Å². The van der Waals surface area contributed by atoms with Crippen LogP contribution in [-0.2, 0) is 9.53 Å². The summed E-state index contributed by atoms with van der Waals surface area (Å²) in [7, 11) is 0. The molecule has 2 nitrogen and oxygen atoms in total. The molecule has 0 unspecified atom stereocenters. The summed E-state index contributed by atoms with van der Waals surface area (Å²) in [6.07, 6.45) is 1.50. The number of esters is 1. The van der Waals surface area contributed by atoms with Crippen molar-refractivity contribution in [3.05, 3.63) is 35.9 Å². The lowest BCUT2D eigenvalue weighted by Gasteiger charge is -2.15. The van der Waals surface area contributed by atoms with Crippen molar-refractivity contribution in [1.29, 1.82) is 0 Å². The summed E-state index contributed by atoms with van der Waals surface area (Å²) in [5.41, 5.74) is 1.21. The van der Waals surface area contributed by atoms with Gasteiger partial charge in [0.15, 0.2) is 0 Å². The summed E-state index contributed by atoms with van der Waals surface area (Å²) in [5.74, 6) is 0.194. The van der Waals surface area contributed by atoms with E-state index in [-0.39, 0.29) is 18.0 Å². The van der Waals surface area contributed by atoms with Crippen LogP contribution in [0.3, 0.4) is 0 Å². The molecule has 0 N–H and O–H groups in total. The SMILES string of the molecule is CC[C@H]1OC(=O)C[C@@H]1c1ccccc1. The third-order valence-corrected chi connectivity index (χ3v) is 2.75. The van der Waals surface area contributed by atoms with Gasteiger partial charge >= 0.3 is 5.97 Å². The first-order valence-electron chi connectivity index (χ1n) is 5.05. The van der Waals surface area contributed by atoms with Crippen LogP contribution in [-0.4, -0.2) is 12.1 Å². The number of hydrogen-bond acceptors (Lipinski definition) is 2. The van der Waals surface area contributed by atoms with Crippen molar-refractivity contribution in [2.45, 2.75) is 31.8 Å². The van der Waals surface area contributed by atoms with Gasteiger partial charge in [-0.3, -0.25) is 4.79 Å². The molecule has 2 atom stereocenters. The Hall–Kier alpha value is -1.31. The predicted molar refractivity (Wildman–Crippen MR) is 54.0 cm³/mol. The largest absolute Gasteiger partial charge is 0.462 e. The first-order chi connectivity index (χ1) is 6.81. The molecule has 2 heteroatoms. The van der Waals surface area contributed by atoms with Gasteiger partial charge in [-0.1, -0.05) is 37.3 Å². The Morgan fingerprint density at radius 3 is 2.71 bits per heavy atom. The molecule has 1 heterocycles. The number of benzene rings is 1. The van der Waals surface area contributed by atoms with Gasteiger partial charge in [-0.15, -0.1) is 0 Å². The van der Waals surface area contributed by atoms with Gasteiger partial charge < -0.3 is 4.74 Å². The average molecular weight is 190 g/mol. The molecule has 0 aliphatic carbocycles. The Labute approximate surface area is 83.9 Å². The summed E-state index contributed by atoms with van der Waals surface area (Å²) >= 11 is 0. The molecular weight excluding hydrogens is 176 g/mol. The fraction of sp³-hybridized carbons (Fsp3) is 0.417. The molecule has 0 bridgehead atoms. The van der Waals surface area contributed by atoms with Gasteiger partial charge in [-0.25, -0.2) is 0 Å². The lowest BCUT2D eigenvalue weighted by Crippen LogP contribution is -2.12. The van der Waals surface area contributed by atoms with Gasteiger partial charge in [-0.2, -0.15) is 0 Å². The monoisotopic (exact) mass is 190 g/mol. The second-order valence-electron chi connectivity index (χ2n) is 3.66. The molecule has 14 heavy (non-hydrogen) atoms. The van der Waals surface area contributed by atoms with E-state index in [9.17, 15) is 4.79 Å². The molecule has 1 fully saturated rings. The summed E-state index contributed by atoms with van der Waals surface area (Å²) in [6.45, 7) is 2.05. The number of hydrogen-bond donors (Lipinski definition) is 0. The quantitative estimate of drug-likeness (QED) is 0.670. The van der Waals surface area contributed by atoms with E-state index in [1.807, 2.05) is 18.2 Å². The van der Waals surface area contributed by atoms with E-state index >= 15 is 0 Å². The molecule has 0 spiro atoms. The number of carbonyl (C=O) groups is 1. The third kappa shape index (κ3) is 1.65. The summed E-state index contributed by atoms with van der Waals surface area (Å²) in [6, 6.07) is 10.1. The predicted octanol–water partition coefficient (Wildman–Crippen LogP) is 2.50. The molecule has 0 amide bonds. The van der Waals surface area contributed by atoms with Crippen molar-refractivity contribution in [3.8, 4) is 0 Å². The van der Waals surface area contributed by atoms with E-state index < -0.39 is 0 Å². The van der Waals surface area contributed by atoms with Gasteiger partial charge in [0.25, 0.3) is 0 Å². The zero-order valence-corrected chi connectivity index (χ0v) is 8.27. The fourth-order valence-corrected chi connectivity index (χ4v) is 2.01. The molecule has 0 saturated carbocycles. The Kier molecular flexibility index (Phi) is 2.53. The van der Waals surface area contributed by atoms with Crippen molar-refractivity contribution < 1.29 is 9.53 Å². The Morgan fingerprint density at radius 1 is 1.36 bits per heavy atom. The Balaban J connectivity index is 2.22. The lowest BCUT2D eigenvalue weighted by molar-refractivity contribution is -0.141. The van der Waals surface area contributed by atoms with Crippen molar-refractivity contribution in [2.24, 2.45) is 0 Å². The molecular formula is C12H14O2. The van der Waals surface area contributed by atoms with Crippen LogP contribution in [0, 0.1) is 0 Å². The number of carbonyl (C=O) groups excluding carboxylic acids is 1. The number of rotatable bonds is 2. The van der Waals surface area contributed by atoms with E-state index in [2.05, 4.69) is 19.1 Å². The van der Waals surface area contributed by atoms with Crippen LogP contribution >= 0.6 is 0 Å². The molecule has 1 aromatic carbocycles. The van der Waals surface area contributed by atoms with E-state index in [0.717, 1.165) is 6.42 Å². The van der Waals surface area contributed by atoms with Crippen LogP contribution in [0.4, 0.5) is 0 Å². The van der Waals surface area contributed by atoms with E-state index in [1.54, 1.807) is 0 Å². The van der Waals surface area contributed by atoms with Crippen molar-refractivity contribution in [2.75, 3.05) is 0 Å². The standard InChI is InChI=1S/C12H14O2/c1-2-11-10(8-12(13)14-11)9-6-4-3-5-7-9/h3-7,10-11H,2,8H2,1H3/t10-,11-/m1/s1. The fourth-order valence-electron chi connectivity index (χ4n) is 2.01. The van der Waals surface area contributed by atoms with Crippen LogP contribution in [0.2, 0.25) is 0 Å². The minimum absolute atomic E-state index is 0.0642. The lowest BCUT2D eigenvalue weighted by atomic mass is 9.91. The van der Waals surface area contributed by atoms with E-state index in [1.165, 1.54) is 5.56 Å². The van der Waals surface area contributed by atoms with Crippen LogP contribution in [0.15, 0.2) is 30.3 Å². The van der Waals surface area contributed by atoms with Gasteiger partial charge in [0.1, 0.15) is 6.10 Å². The maximum atomic E-state index is 11.2. The zero-order valence-electron chi connectivity index (χ0n) is 8.27. The maximum Gasteiger partial charge on any atom is 0.306 e. The van der Waals surface area contributed by atoms with Crippen molar-refractivity contribution >= 4 is 5.97 Å². The summed E-state index contributed by atoms with van der Waals surface area (Å²) in [5, 5.41) is 0. The normalized spacial score (nSPS) is 26.2. The van der Waals surface area contributed by atoms with Crippen molar-refractivity contribution in [1.82, 2.24) is 0 Å². The minimum Gasteiger partial charge on any atom is -0.462 e. The molecule has 2 rings (SSSR count). The number of ether oxygens (including phenoxy) is 1. The zero-order chi connectivity index (χ0) is 9.97. The van der Waals surface area contributed by atoms with Crippen LogP contribution < -0.4 is 0 Å². The van der Waals surface area contributed by atoms with Gasteiger partial charge in [-0.05, 0) is 12.0 Å². The first kappa shape index (κ1) is 9.25. The topological polar surface area (TPSA) is 26.3 Å². The highest BCUT2D eigenvalue weighted by Crippen LogP contribution is 2.33. The number of cyclic esters (lactones) is 1. The van der Waals surface area contributed by atoms with Crippen molar-refractivity contribution in [3.63, 3.8) is 0 Å². The smallest absolute Gasteiger partial charge is 0.306 e. The minimum atomic E-state index is -0.0642. The molecule has 1 aliphatic rings. The average Bonchev–Trinajstić information content (AvgIpc) is 2.61. The van der Waals surface area contributed by atoms with Crippen LogP contribution in [0.25, 0.3) is 0 Å². The van der Waals surface area contributed by atoms with E-state index in [4.69, 9.17) is 4.74 Å². The molecule has 74 valence electrons. The molecule has 0 aromatic heterocycles. The van der Waals surface area contributed by atoms with Crippen LogP contribution in [0.1, 0.15) is 31.2 Å². The van der Waals surface area contributed by atoms with Gasteiger partial charge in [0.05, 0.1) is 6.42 Å². The molecule has 1 saturated heterocycles. The highest BCUT2D eigenvalue weighted by molar-refractivity contribution is 5.73. The summed E-state index contributed by atoms with van der Waals surface area (Å²) in [4.78, 5) is 11.2. The van der Waals surface area contributed by atoms with Crippen LogP contribution in [0.5, 0.6) is 0 Å². The maximum absolute atomic E-state index is 11.2. The molecule has 1 aromatic rings. The first-order valence-corrected chi connectivity index (χ1v) is 5.05. The Morgan fingerprint density at radius 2 is 2.07 bits per heavy atom. The Bertz CT molecular complexity index is 318. The highest BCUT2D eigenvalue weighted by atomic mass is 16.5. The second kappa shape index (κ2) is 3.82. The third-order valence-electron chi connectivity index (χ3n) is 2.75. The van der Waals surface area contributed by atoms with Gasteiger partial charge in [0.2, 0.25) is 0 Å². The highest BCUT2D eigenvalue weighted by Gasteiger charge is 2.34. The molecule has 0 radical (unpaired) electrons. The second-order valence-corrected chi connectivity index (χ2v) is 3.66. The molecule has 1 aliphatic heterocycles. The van der Waals surface area contributed by atoms with Gasteiger partial charge in [0, 0.05) is 5.92 Å².